The van der Waals surface area contributed by atoms with Crippen LogP contribution in [0.25, 0.3) is 55.2 Å². The molecule has 0 spiro atoms. The maximum atomic E-state index is 4.34. The van der Waals surface area contributed by atoms with Crippen molar-refractivity contribution in [1.82, 2.24) is 15.0 Å². The van der Waals surface area contributed by atoms with Gasteiger partial charge < -0.3 is 0 Å². The van der Waals surface area contributed by atoms with Crippen molar-refractivity contribution in [2.75, 3.05) is 0 Å². The maximum Gasteiger partial charge on any atom is 0.162 e. The average Bonchev–Trinajstić information content (AvgIpc) is 2.88. The molecule has 0 saturated heterocycles. The van der Waals surface area contributed by atoms with E-state index in [0.717, 1.165) is 11.1 Å². The first-order valence-corrected chi connectivity index (χ1v) is 10.6. The summed E-state index contributed by atoms with van der Waals surface area (Å²) in [6.45, 7) is 0. The Labute approximate surface area is 186 Å². The van der Waals surface area contributed by atoms with E-state index in [1.807, 2.05) is 6.07 Å². The molecule has 0 fully saturated rings. The molecule has 6 aromatic rings. The summed E-state index contributed by atoms with van der Waals surface area (Å²) in [5.41, 5.74) is 5.85. The molecular weight excluding hydrogens is 390 g/mol. The first-order chi connectivity index (χ1) is 15.9. The van der Waals surface area contributed by atoms with Crippen molar-refractivity contribution < 1.29 is 0 Å². The monoisotopic (exact) mass is 409 g/mol. The van der Waals surface area contributed by atoms with Crippen molar-refractivity contribution in [2.45, 2.75) is 0 Å². The van der Waals surface area contributed by atoms with E-state index in [1.165, 1.54) is 50.9 Å². The second-order valence-electron chi connectivity index (χ2n) is 7.75. The molecule has 1 heterocycles. The van der Waals surface area contributed by atoms with Crippen molar-refractivity contribution in [2.24, 2.45) is 0 Å². The first-order valence-electron chi connectivity index (χ1n) is 10.6. The lowest BCUT2D eigenvalue weighted by Crippen LogP contribution is -1.92. The molecule has 0 unspecified atom stereocenters. The van der Waals surface area contributed by atoms with Gasteiger partial charge in [0.1, 0.15) is 12.7 Å². The highest BCUT2D eigenvalue weighted by atomic mass is 15.0. The normalized spacial score (nSPS) is 11.1. The van der Waals surface area contributed by atoms with Crippen molar-refractivity contribution in [1.29, 1.82) is 0 Å². The summed E-state index contributed by atoms with van der Waals surface area (Å²) in [6, 6.07) is 36.5. The summed E-state index contributed by atoms with van der Waals surface area (Å²) in [4.78, 5) is 12.6. The van der Waals surface area contributed by atoms with Gasteiger partial charge in [0.05, 0.1) is 0 Å². The number of nitrogens with zero attached hydrogens (tertiary/aromatic N) is 3. The quantitative estimate of drug-likeness (QED) is 0.291. The lowest BCUT2D eigenvalue weighted by Gasteiger charge is -2.18. The molecule has 6 rings (SSSR count). The van der Waals surface area contributed by atoms with Crippen LogP contribution in [0.1, 0.15) is 0 Å². The van der Waals surface area contributed by atoms with Crippen LogP contribution >= 0.6 is 0 Å². The lowest BCUT2D eigenvalue weighted by atomic mass is 9.86. The van der Waals surface area contributed by atoms with E-state index in [4.69, 9.17) is 0 Å². The van der Waals surface area contributed by atoms with E-state index in [-0.39, 0.29) is 0 Å². The van der Waals surface area contributed by atoms with Gasteiger partial charge in [0.25, 0.3) is 0 Å². The molecule has 0 radical (unpaired) electrons. The predicted octanol–water partition coefficient (Wildman–Crippen LogP) is 7.18. The largest absolute Gasteiger partial charge is 0.225 e. The SMILES string of the molecule is c1ccc(-c2c3ccccc3c(-c3cccc(-c4ncncn4)c3)c3ccccc23)cc1. The molecule has 0 saturated carbocycles. The van der Waals surface area contributed by atoms with Crippen LogP contribution in [-0.2, 0) is 0 Å². The molecule has 0 aliphatic rings. The zero-order chi connectivity index (χ0) is 21.3. The predicted molar refractivity (Wildman–Crippen MR) is 131 cm³/mol. The van der Waals surface area contributed by atoms with Gasteiger partial charge in [0, 0.05) is 5.56 Å². The Kier molecular flexibility index (Phi) is 4.43. The van der Waals surface area contributed by atoms with Crippen molar-refractivity contribution in [3.8, 4) is 33.6 Å². The highest BCUT2D eigenvalue weighted by Crippen LogP contribution is 2.43. The molecule has 0 atom stereocenters. The van der Waals surface area contributed by atoms with E-state index in [9.17, 15) is 0 Å². The maximum absolute atomic E-state index is 4.34. The number of benzene rings is 5. The van der Waals surface area contributed by atoms with E-state index in [1.54, 1.807) is 0 Å². The van der Waals surface area contributed by atoms with Crippen LogP contribution in [0.3, 0.4) is 0 Å². The highest BCUT2D eigenvalue weighted by Gasteiger charge is 2.16. The molecule has 0 aliphatic carbocycles. The topological polar surface area (TPSA) is 38.7 Å². The number of hydrogen-bond acceptors (Lipinski definition) is 3. The van der Waals surface area contributed by atoms with Crippen LogP contribution < -0.4 is 0 Å². The third-order valence-corrected chi connectivity index (χ3v) is 5.90. The zero-order valence-corrected chi connectivity index (χ0v) is 17.3. The standard InChI is InChI=1S/C29H19N3/c1-2-9-20(10-3-1)27-23-13-4-6-15-25(23)28(26-16-7-5-14-24(26)27)21-11-8-12-22(17-21)29-31-18-30-19-32-29/h1-19H. The molecule has 0 N–H and O–H groups in total. The Morgan fingerprint density at radius 3 is 1.47 bits per heavy atom. The number of aromatic nitrogens is 3. The number of fused-ring (bicyclic) bond motifs is 2. The Balaban J connectivity index is 1.71. The lowest BCUT2D eigenvalue weighted by molar-refractivity contribution is 1.06. The third kappa shape index (κ3) is 3.03. The minimum Gasteiger partial charge on any atom is -0.225 e. The van der Waals surface area contributed by atoms with Gasteiger partial charge in [-0.05, 0) is 49.9 Å². The highest BCUT2D eigenvalue weighted by molar-refractivity contribution is 6.21. The Morgan fingerprint density at radius 2 is 0.875 bits per heavy atom. The van der Waals surface area contributed by atoms with Gasteiger partial charge >= 0.3 is 0 Å². The second kappa shape index (κ2) is 7.71. The van der Waals surface area contributed by atoms with Gasteiger partial charge in [-0.15, -0.1) is 0 Å². The van der Waals surface area contributed by atoms with Gasteiger partial charge in [-0.25, -0.2) is 15.0 Å². The first kappa shape index (κ1) is 18.4. The molecule has 0 bridgehead atoms. The van der Waals surface area contributed by atoms with Gasteiger partial charge in [0.2, 0.25) is 0 Å². The molecule has 3 heteroatoms. The van der Waals surface area contributed by atoms with Crippen LogP contribution in [0.15, 0.2) is 116 Å². The Morgan fingerprint density at radius 1 is 0.406 bits per heavy atom. The summed E-state index contributed by atoms with van der Waals surface area (Å²) in [7, 11) is 0. The van der Waals surface area contributed by atoms with Crippen LogP contribution in [0, 0.1) is 0 Å². The Bertz CT molecular complexity index is 1500. The fourth-order valence-electron chi connectivity index (χ4n) is 4.56. The number of rotatable bonds is 3. The van der Waals surface area contributed by atoms with Crippen LogP contribution in [-0.4, -0.2) is 15.0 Å². The van der Waals surface area contributed by atoms with Gasteiger partial charge in [-0.3, -0.25) is 0 Å². The van der Waals surface area contributed by atoms with E-state index < -0.39 is 0 Å². The second-order valence-corrected chi connectivity index (χ2v) is 7.75. The molecule has 150 valence electrons. The molecule has 1 aromatic heterocycles. The molecule has 0 aliphatic heterocycles. The fourth-order valence-corrected chi connectivity index (χ4v) is 4.56. The van der Waals surface area contributed by atoms with Crippen LogP contribution in [0.2, 0.25) is 0 Å². The van der Waals surface area contributed by atoms with Crippen molar-refractivity contribution in [3.05, 3.63) is 116 Å². The molecule has 32 heavy (non-hydrogen) atoms. The van der Waals surface area contributed by atoms with Crippen LogP contribution in [0.5, 0.6) is 0 Å². The average molecular weight is 409 g/mol. The van der Waals surface area contributed by atoms with Gasteiger partial charge in [-0.1, -0.05) is 97.1 Å². The summed E-state index contributed by atoms with van der Waals surface area (Å²) in [6.07, 6.45) is 3.07. The van der Waals surface area contributed by atoms with Crippen molar-refractivity contribution >= 4 is 21.5 Å². The molecular formula is C29H19N3. The summed E-state index contributed by atoms with van der Waals surface area (Å²) in [5.74, 6) is 0.677. The smallest absolute Gasteiger partial charge is 0.162 e. The minimum absolute atomic E-state index is 0.677. The van der Waals surface area contributed by atoms with E-state index >= 15 is 0 Å². The van der Waals surface area contributed by atoms with E-state index in [0.29, 0.717) is 5.82 Å². The molecule has 3 nitrogen and oxygen atoms in total. The summed E-state index contributed by atoms with van der Waals surface area (Å²) < 4.78 is 0. The molecule has 5 aromatic carbocycles. The summed E-state index contributed by atoms with van der Waals surface area (Å²) in [5, 5.41) is 4.96. The fraction of sp³-hybridized carbons (Fsp3) is 0. The van der Waals surface area contributed by atoms with Crippen molar-refractivity contribution in [3.63, 3.8) is 0 Å². The van der Waals surface area contributed by atoms with Crippen LogP contribution in [0.4, 0.5) is 0 Å². The zero-order valence-electron chi connectivity index (χ0n) is 17.3. The molecule has 0 amide bonds. The van der Waals surface area contributed by atoms with Gasteiger partial charge in [-0.2, -0.15) is 0 Å². The third-order valence-electron chi connectivity index (χ3n) is 5.90. The summed E-state index contributed by atoms with van der Waals surface area (Å²) >= 11 is 0. The van der Waals surface area contributed by atoms with Gasteiger partial charge in [0.15, 0.2) is 5.82 Å². The minimum atomic E-state index is 0.677. The Hall–Kier alpha value is -4.37. The van der Waals surface area contributed by atoms with E-state index in [2.05, 4.69) is 112 Å². The number of hydrogen-bond donors (Lipinski definition) is 0.